The zero-order chi connectivity index (χ0) is 22.1. The number of anilines is 2. The zero-order valence-corrected chi connectivity index (χ0v) is 18.5. The number of fused-ring (bicyclic) bond motifs is 2. The molecule has 32 heavy (non-hydrogen) atoms. The number of benzene rings is 2. The molecule has 0 radical (unpaired) electrons. The summed E-state index contributed by atoms with van der Waals surface area (Å²) in [6.07, 6.45) is 0. The van der Waals surface area contributed by atoms with E-state index in [4.69, 9.17) is 24.7 Å². The van der Waals surface area contributed by atoms with Gasteiger partial charge in [-0.25, -0.2) is 0 Å². The first-order chi connectivity index (χ1) is 15.6. The van der Waals surface area contributed by atoms with Crippen LogP contribution in [0.25, 0.3) is 0 Å². The van der Waals surface area contributed by atoms with Gasteiger partial charge in [-0.1, -0.05) is 6.07 Å². The molecule has 2 N–H and O–H groups in total. The molecule has 0 spiro atoms. The second-order valence-electron chi connectivity index (χ2n) is 8.25. The smallest absolute Gasteiger partial charge is 0.173 e. The summed E-state index contributed by atoms with van der Waals surface area (Å²) in [6, 6.07) is 9.56. The fourth-order valence-electron chi connectivity index (χ4n) is 4.31. The van der Waals surface area contributed by atoms with Crippen LogP contribution in [0.5, 0.6) is 17.2 Å². The third kappa shape index (κ3) is 3.94. The number of amidine groups is 1. The minimum atomic E-state index is 0.367. The van der Waals surface area contributed by atoms with Crippen LogP contribution in [-0.4, -0.2) is 75.8 Å². The second-order valence-corrected chi connectivity index (χ2v) is 8.25. The number of ether oxygens (including phenoxy) is 2. The van der Waals surface area contributed by atoms with Crippen molar-refractivity contribution in [3.8, 4) is 17.2 Å². The SMILES string of the molecule is COc1cc2c(cc1OCCN1CCN(C)CC1)NCN(c1cccc3c1COO3)C2=N. The Labute approximate surface area is 187 Å². The molecular formula is C23H29N5O4. The topological polar surface area (TPSA) is 82.5 Å². The highest BCUT2D eigenvalue weighted by molar-refractivity contribution is 6.14. The number of piperazine rings is 1. The summed E-state index contributed by atoms with van der Waals surface area (Å²) in [7, 11) is 3.79. The van der Waals surface area contributed by atoms with Gasteiger partial charge in [0.1, 0.15) is 19.0 Å². The Morgan fingerprint density at radius 2 is 1.97 bits per heavy atom. The summed E-state index contributed by atoms with van der Waals surface area (Å²) in [5, 5.41) is 12.3. The zero-order valence-electron chi connectivity index (χ0n) is 18.5. The average Bonchev–Trinajstić information content (AvgIpc) is 3.30. The van der Waals surface area contributed by atoms with Crippen molar-refractivity contribution >= 4 is 17.2 Å². The lowest BCUT2D eigenvalue weighted by Crippen LogP contribution is -2.45. The van der Waals surface area contributed by atoms with Gasteiger partial charge < -0.3 is 29.5 Å². The van der Waals surface area contributed by atoms with E-state index < -0.39 is 0 Å². The van der Waals surface area contributed by atoms with E-state index in [-0.39, 0.29) is 0 Å². The third-order valence-corrected chi connectivity index (χ3v) is 6.27. The summed E-state index contributed by atoms with van der Waals surface area (Å²) in [4.78, 5) is 17.0. The lowest BCUT2D eigenvalue weighted by Gasteiger charge is -2.33. The Bertz CT molecular complexity index is 1010. The average molecular weight is 440 g/mol. The van der Waals surface area contributed by atoms with Crippen molar-refractivity contribution < 1.29 is 19.2 Å². The fraction of sp³-hybridized carbons (Fsp3) is 0.435. The van der Waals surface area contributed by atoms with E-state index in [1.807, 2.05) is 35.2 Å². The van der Waals surface area contributed by atoms with E-state index in [2.05, 4.69) is 22.2 Å². The summed E-state index contributed by atoms with van der Waals surface area (Å²) >= 11 is 0. The number of likely N-dealkylation sites (N-methyl/N-ethyl adjacent to an activating group) is 1. The second kappa shape index (κ2) is 8.85. The summed E-state index contributed by atoms with van der Waals surface area (Å²) in [5.74, 6) is 2.40. The summed E-state index contributed by atoms with van der Waals surface area (Å²) < 4.78 is 11.7. The molecule has 2 aromatic rings. The van der Waals surface area contributed by atoms with E-state index in [1.165, 1.54) is 0 Å². The number of hydrogen-bond donors (Lipinski definition) is 2. The largest absolute Gasteiger partial charge is 0.493 e. The van der Waals surface area contributed by atoms with Crippen LogP contribution in [0.15, 0.2) is 30.3 Å². The predicted octanol–water partition coefficient (Wildman–Crippen LogP) is 2.36. The number of methoxy groups -OCH3 is 1. The molecule has 0 unspecified atom stereocenters. The Morgan fingerprint density at radius 3 is 2.78 bits per heavy atom. The Hall–Kier alpha value is -3.01. The van der Waals surface area contributed by atoms with Crippen molar-refractivity contribution in [3.63, 3.8) is 0 Å². The molecule has 1 fully saturated rings. The van der Waals surface area contributed by atoms with Crippen LogP contribution < -0.4 is 24.6 Å². The van der Waals surface area contributed by atoms with Gasteiger partial charge in [0.15, 0.2) is 17.2 Å². The van der Waals surface area contributed by atoms with E-state index in [1.54, 1.807) is 7.11 Å². The maximum absolute atomic E-state index is 8.86. The maximum atomic E-state index is 8.86. The van der Waals surface area contributed by atoms with E-state index in [9.17, 15) is 0 Å². The number of nitrogens with zero attached hydrogens (tertiary/aromatic N) is 3. The van der Waals surface area contributed by atoms with Crippen LogP contribution in [-0.2, 0) is 11.5 Å². The molecule has 0 amide bonds. The van der Waals surface area contributed by atoms with E-state index in [0.717, 1.165) is 55.2 Å². The third-order valence-electron chi connectivity index (χ3n) is 6.27. The molecule has 0 atom stereocenters. The molecule has 3 aliphatic heterocycles. The van der Waals surface area contributed by atoms with Crippen molar-refractivity contribution in [2.75, 3.05) is 70.4 Å². The number of rotatable bonds is 6. The highest BCUT2D eigenvalue weighted by Crippen LogP contribution is 2.39. The molecule has 0 saturated carbocycles. The maximum Gasteiger partial charge on any atom is 0.173 e. The lowest BCUT2D eigenvalue weighted by molar-refractivity contribution is -0.194. The molecular weight excluding hydrogens is 410 g/mol. The van der Waals surface area contributed by atoms with Gasteiger partial charge in [-0.2, -0.15) is 4.89 Å². The molecule has 0 bridgehead atoms. The molecule has 1 saturated heterocycles. The van der Waals surface area contributed by atoms with Crippen LogP contribution in [0.2, 0.25) is 0 Å². The van der Waals surface area contributed by atoms with Gasteiger partial charge in [0.2, 0.25) is 0 Å². The minimum Gasteiger partial charge on any atom is -0.493 e. The van der Waals surface area contributed by atoms with Crippen molar-refractivity contribution in [2.45, 2.75) is 6.61 Å². The van der Waals surface area contributed by atoms with Crippen molar-refractivity contribution in [3.05, 3.63) is 41.5 Å². The molecule has 5 rings (SSSR count). The number of hydrogen-bond acceptors (Lipinski definition) is 8. The van der Waals surface area contributed by atoms with E-state index >= 15 is 0 Å². The molecule has 3 heterocycles. The fourth-order valence-corrected chi connectivity index (χ4v) is 4.31. The van der Waals surface area contributed by atoms with Crippen molar-refractivity contribution in [2.24, 2.45) is 0 Å². The standard InChI is InChI=1S/C23H29N5O4/c1-26-6-8-27(9-7-26)10-11-30-22-13-18-16(12-21(22)29-2)23(24)28(15-25-18)19-4-3-5-20-17(19)14-31-32-20/h3-5,12-13,24-25H,6-11,14-15H2,1-2H3. The molecule has 170 valence electrons. The lowest BCUT2D eigenvalue weighted by atomic mass is 10.1. The molecule has 2 aromatic carbocycles. The van der Waals surface area contributed by atoms with Gasteiger partial charge in [-0.15, -0.1) is 0 Å². The first-order valence-electron chi connectivity index (χ1n) is 10.9. The Kier molecular flexibility index (Phi) is 5.77. The molecule has 9 nitrogen and oxygen atoms in total. The normalized spacial score (nSPS) is 18.6. The Morgan fingerprint density at radius 1 is 1.12 bits per heavy atom. The van der Waals surface area contributed by atoms with E-state index in [0.29, 0.717) is 43.0 Å². The van der Waals surface area contributed by atoms with Gasteiger partial charge in [-0.05, 0) is 25.2 Å². The van der Waals surface area contributed by atoms with Crippen LogP contribution in [0.1, 0.15) is 11.1 Å². The quantitative estimate of drug-likeness (QED) is 0.664. The molecule has 0 aliphatic carbocycles. The van der Waals surface area contributed by atoms with Crippen LogP contribution in [0.4, 0.5) is 11.4 Å². The van der Waals surface area contributed by atoms with Gasteiger partial charge in [0.05, 0.1) is 30.7 Å². The van der Waals surface area contributed by atoms with Crippen LogP contribution >= 0.6 is 0 Å². The highest BCUT2D eigenvalue weighted by Gasteiger charge is 2.29. The predicted molar refractivity (Wildman–Crippen MR) is 122 cm³/mol. The van der Waals surface area contributed by atoms with Gasteiger partial charge in [0.25, 0.3) is 0 Å². The summed E-state index contributed by atoms with van der Waals surface area (Å²) in [5.41, 5.74) is 3.46. The van der Waals surface area contributed by atoms with Crippen LogP contribution in [0.3, 0.4) is 0 Å². The van der Waals surface area contributed by atoms with Gasteiger partial charge in [0, 0.05) is 44.4 Å². The summed E-state index contributed by atoms with van der Waals surface area (Å²) in [6.45, 7) is 6.62. The monoisotopic (exact) mass is 439 g/mol. The molecule has 3 aliphatic rings. The van der Waals surface area contributed by atoms with Gasteiger partial charge in [-0.3, -0.25) is 10.3 Å². The molecule has 9 heteroatoms. The Balaban J connectivity index is 1.31. The first kappa shape index (κ1) is 20.9. The van der Waals surface area contributed by atoms with Gasteiger partial charge >= 0.3 is 0 Å². The molecule has 0 aromatic heterocycles. The van der Waals surface area contributed by atoms with Crippen molar-refractivity contribution in [1.82, 2.24) is 9.80 Å². The first-order valence-corrected chi connectivity index (χ1v) is 10.9. The minimum absolute atomic E-state index is 0.367. The van der Waals surface area contributed by atoms with Crippen LogP contribution in [0, 0.1) is 5.41 Å². The van der Waals surface area contributed by atoms with Crippen molar-refractivity contribution in [1.29, 1.82) is 5.41 Å². The highest BCUT2D eigenvalue weighted by atomic mass is 17.2. The number of nitrogens with one attached hydrogen (secondary N) is 2.